The van der Waals surface area contributed by atoms with Crippen LogP contribution in [-0.2, 0) is 9.53 Å². The Hall–Kier alpha value is -0.610. The molecule has 4 heteroatoms. The van der Waals surface area contributed by atoms with E-state index in [0.29, 0.717) is 12.8 Å². The molecular weight excluding hydrogens is 208 g/mol. The summed E-state index contributed by atoms with van der Waals surface area (Å²) in [5.74, 6) is -0.738. The average molecular weight is 230 g/mol. The van der Waals surface area contributed by atoms with Crippen molar-refractivity contribution in [3.63, 3.8) is 0 Å². The SMILES string of the molecule is CC[C@@H](O)[C@@H](C)[C@@H](O)[C@@]1(C)C[C@@H](C)C(=O)O1. The van der Waals surface area contributed by atoms with Crippen LogP contribution < -0.4 is 0 Å². The Morgan fingerprint density at radius 3 is 2.50 bits per heavy atom. The molecule has 0 amide bonds. The first-order valence-electron chi connectivity index (χ1n) is 5.90. The molecule has 0 aromatic heterocycles. The summed E-state index contributed by atoms with van der Waals surface area (Å²) in [4.78, 5) is 11.4. The topological polar surface area (TPSA) is 66.8 Å². The highest BCUT2D eigenvalue weighted by atomic mass is 16.6. The predicted molar refractivity (Wildman–Crippen MR) is 59.7 cm³/mol. The molecule has 0 radical (unpaired) electrons. The van der Waals surface area contributed by atoms with Gasteiger partial charge in [-0.25, -0.2) is 0 Å². The molecule has 1 heterocycles. The number of carbonyl (C=O) groups is 1. The summed E-state index contributed by atoms with van der Waals surface area (Å²) in [5, 5.41) is 19.9. The highest BCUT2D eigenvalue weighted by molar-refractivity contribution is 5.74. The molecule has 1 saturated heterocycles. The van der Waals surface area contributed by atoms with E-state index in [1.165, 1.54) is 0 Å². The average Bonchev–Trinajstić information content (AvgIpc) is 2.50. The van der Waals surface area contributed by atoms with Gasteiger partial charge in [-0.3, -0.25) is 4.79 Å². The second-order valence-corrected chi connectivity index (χ2v) is 5.12. The molecule has 5 atom stereocenters. The van der Waals surface area contributed by atoms with Gasteiger partial charge in [0.15, 0.2) is 0 Å². The standard InChI is InChI=1S/C12H22O4/c1-5-9(13)8(3)10(14)12(4)6-7(2)11(15)16-12/h7-10,13-14H,5-6H2,1-4H3/t7-,8-,9-,10-,12-/m1/s1. The van der Waals surface area contributed by atoms with E-state index >= 15 is 0 Å². The van der Waals surface area contributed by atoms with Crippen LogP contribution in [0, 0.1) is 11.8 Å². The Balaban J connectivity index is 2.73. The lowest BCUT2D eigenvalue weighted by molar-refractivity contribution is -0.164. The summed E-state index contributed by atoms with van der Waals surface area (Å²) in [6, 6.07) is 0. The second kappa shape index (κ2) is 4.72. The number of rotatable bonds is 4. The lowest BCUT2D eigenvalue weighted by Gasteiger charge is -2.34. The number of esters is 1. The number of aliphatic hydroxyl groups is 2. The number of ether oxygens (including phenoxy) is 1. The predicted octanol–water partition coefficient (Wildman–Crippen LogP) is 1.10. The maximum atomic E-state index is 11.4. The van der Waals surface area contributed by atoms with Gasteiger partial charge in [0.1, 0.15) is 5.60 Å². The van der Waals surface area contributed by atoms with Gasteiger partial charge < -0.3 is 14.9 Å². The van der Waals surface area contributed by atoms with E-state index in [2.05, 4.69) is 0 Å². The lowest BCUT2D eigenvalue weighted by Crippen LogP contribution is -2.46. The highest BCUT2D eigenvalue weighted by Gasteiger charge is 2.48. The van der Waals surface area contributed by atoms with Crippen LogP contribution in [0.5, 0.6) is 0 Å². The minimum atomic E-state index is -0.855. The summed E-state index contributed by atoms with van der Waals surface area (Å²) in [7, 11) is 0. The fraction of sp³-hybridized carbons (Fsp3) is 0.917. The van der Waals surface area contributed by atoms with Crippen LogP contribution in [0.4, 0.5) is 0 Å². The number of aliphatic hydroxyl groups excluding tert-OH is 2. The van der Waals surface area contributed by atoms with Crippen molar-refractivity contribution in [1.82, 2.24) is 0 Å². The normalized spacial score (nSPS) is 35.6. The molecule has 0 aromatic carbocycles. The van der Waals surface area contributed by atoms with E-state index in [0.717, 1.165) is 0 Å². The number of cyclic esters (lactones) is 1. The third-order valence-corrected chi connectivity index (χ3v) is 3.60. The minimum absolute atomic E-state index is 0.175. The zero-order valence-electron chi connectivity index (χ0n) is 10.4. The Kier molecular flexibility index (Phi) is 3.97. The van der Waals surface area contributed by atoms with Crippen LogP contribution in [0.1, 0.15) is 40.5 Å². The zero-order chi connectivity index (χ0) is 12.5. The van der Waals surface area contributed by atoms with Crippen molar-refractivity contribution in [3.8, 4) is 0 Å². The van der Waals surface area contributed by atoms with Gasteiger partial charge >= 0.3 is 5.97 Å². The van der Waals surface area contributed by atoms with Crippen LogP contribution in [-0.4, -0.2) is 34.0 Å². The van der Waals surface area contributed by atoms with E-state index in [1.54, 1.807) is 20.8 Å². The molecule has 94 valence electrons. The van der Waals surface area contributed by atoms with E-state index in [1.807, 2.05) is 6.92 Å². The molecule has 0 aromatic rings. The van der Waals surface area contributed by atoms with Crippen LogP contribution in [0.15, 0.2) is 0 Å². The van der Waals surface area contributed by atoms with Gasteiger partial charge in [0.05, 0.1) is 18.1 Å². The molecule has 1 aliphatic rings. The van der Waals surface area contributed by atoms with Crippen molar-refractivity contribution in [1.29, 1.82) is 0 Å². The molecule has 0 aliphatic carbocycles. The van der Waals surface area contributed by atoms with Crippen LogP contribution in [0.2, 0.25) is 0 Å². The summed E-state index contributed by atoms with van der Waals surface area (Å²) in [6.07, 6.45) is -0.302. The fourth-order valence-electron chi connectivity index (χ4n) is 2.38. The number of carbonyl (C=O) groups excluding carboxylic acids is 1. The molecule has 0 spiro atoms. The molecule has 1 fully saturated rings. The number of hydrogen-bond donors (Lipinski definition) is 2. The molecule has 2 N–H and O–H groups in total. The van der Waals surface area contributed by atoms with E-state index in [-0.39, 0.29) is 17.8 Å². The van der Waals surface area contributed by atoms with Crippen LogP contribution in [0.25, 0.3) is 0 Å². The maximum Gasteiger partial charge on any atom is 0.309 e. The van der Waals surface area contributed by atoms with Gasteiger partial charge in [0.25, 0.3) is 0 Å². The zero-order valence-corrected chi connectivity index (χ0v) is 10.4. The van der Waals surface area contributed by atoms with Gasteiger partial charge in [0.2, 0.25) is 0 Å². The van der Waals surface area contributed by atoms with Crippen molar-refractivity contribution >= 4 is 5.97 Å². The van der Waals surface area contributed by atoms with Crippen molar-refractivity contribution in [3.05, 3.63) is 0 Å². The first kappa shape index (κ1) is 13.5. The Bertz CT molecular complexity index is 266. The third-order valence-electron chi connectivity index (χ3n) is 3.60. The largest absolute Gasteiger partial charge is 0.456 e. The summed E-state index contributed by atoms with van der Waals surface area (Å²) < 4.78 is 5.24. The van der Waals surface area contributed by atoms with Crippen LogP contribution in [0.3, 0.4) is 0 Å². The Morgan fingerprint density at radius 2 is 2.12 bits per heavy atom. The molecule has 1 rings (SSSR count). The third kappa shape index (κ3) is 2.38. The fourth-order valence-corrected chi connectivity index (χ4v) is 2.38. The van der Waals surface area contributed by atoms with Gasteiger partial charge in [-0.05, 0) is 13.3 Å². The van der Waals surface area contributed by atoms with Gasteiger partial charge in [-0.15, -0.1) is 0 Å². The first-order valence-corrected chi connectivity index (χ1v) is 5.90. The molecule has 0 unspecified atom stereocenters. The molecular formula is C12H22O4. The van der Waals surface area contributed by atoms with E-state index in [4.69, 9.17) is 4.74 Å². The van der Waals surface area contributed by atoms with Crippen molar-refractivity contribution in [2.24, 2.45) is 11.8 Å². The highest BCUT2D eigenvalue weighted by Crippen LogP contribution is 2.36. The Morgan fingerprint density at radius 1 is 1.56 bits per heavy atom. The smallest absolute Gasteiger partial charge is 0.309 e. The molecule has 0 saturated carbocycles. The summed E-state index contributed by atoms with van der Waals surface area (Å²) in [6.45, 7) is 7.17. The van der Waals surface area contributed by atoms with Crippen LogP contribution >= 0.6 is 0 Å². The Labute approximate surface area is 96.6 Å². The van der Waals surface area contributed by atoms with Gasteiger partial charge in [0, 0.05) is 12.3 Å². The van der Waals surface area contributed by atoms with Crippen molar-refractivity contribution in [2.75, 3.05) is 0 Å². The number of hydrogen-bond acceptors (Lipinski definition) is 4. The van der Waals surface area contributed by atoms with Crippen molar-refractivity contribution < 1.29 is 19.7 Å². The van der Waals surface area contributed by atoms with Gasteiger partial charge in [-0.2, -0.15) is 0 Å². The van der Waals surface area contributed by atoms with Gasteiger partial charge in [-0.1, -0.05) is 20.8 Å². The molecule has 0 bridgehead atoms. The lowest BCUT2D eigenvalue weighted by atomic mass is 9.82. The van der Waals surface area contributed by atoms with E-state index in [9.17, 15) is 15.0 Å². The molecule has 4 nitrogen and oxygen atoms in total. The first-order chi connectivity index (χ1) is 7.31. The summed E-state index contributed by atoms with van der Waals surface area (Å²) in [5.41, 5.74) is -0.855. The van der Waals surface area contributed by atoms with Crippen molar-refractivity contribution in [2.45, 2.75) is 58.3 Å². The maximum absolute atomic E-state index is 11.4. The quantitative estimate of drug-likeness (QED) is 0.710. The second-order valence-electron chi connectivity index (χ2n) is 5.12. The molecule has 1 aliphatic heterocycles. The molecule has 16 heavy (non-hydrogen) atoms. The summed E-state index contributed by atoms with van der Waals surface area (Å²) >= 11 is 0. The minimum Gasteiger partial charge on any atom is -0.456 e. The monoisotopic (exact) mass is 230 g/mol. The van der Waals surface area contributed by atoms with E-state index < -0.39 is 17.8 Å².